The second kappa shape index (κ2) is 12.1. The van der Waals surface area contributed by atoms with E-state index in [4.69, 9.17) is 33.4 Å². The highest BCUT2D eigenvalue weighted by Crippen LogP contribution is 2.39. The molecule has 5 nitrogen and oxygen atoms in total. The molecule has 8 aromatic carbocycles. The molecule has 0 atom stereocenters. The minimum absolute atomic E-state index is 0.0555. The first-order valence-electron chi connectivity index (χ1n) is 21.8. The molecule has 5 heteroatoms. The summed E-state index contributed by atoms with van der Waals surface area (Å²) in [6.45, 7) is 0. The highest BCUT2D eigenvalue weighted by atomic mass is 16.3. The summed E-state index contributed by atoms with van der Waals surface area (Å²) < 4.78 is 91.7. The van der Waals surface area contributed by atoms with Crippen LogP contribution in [-0.2, 0) is 0 Å². The fraction of sp³-hybridized carbons (Fsp3) is 0. The molecular weight excluding hydrogens is 663 g/mol. The first-order chi connectivity index (χ1) is 30.5. The van der Waals surface area contributed by atoms with E-state index in [1.807, 2.05) is 84.9 Å². The molecule has 0 saturated carbocycles. The van der Waals surface area contributed by atoms with Crippen molar-refractivity contribution in [1.82, 2.24) is 15.0 Å². The predicted molar refractivity (Wildman–Crippen MR) is 219 cm³/mol. The Balaban J connectivity index is 1.08. The lowest BCUT2D eigenvalue weighted by Gasteiger charge is -2.10. The second-order valence-electron chi connectivity index (χ2n) is 12.9. The molecular formula is C49H29N3O2. The van der Waals surface area contributed by atoms with E-state index in [0.717, 1.165) is 33.0 Å². The van der Waals surface area contributed by atoms with Gasteiger partial charge in [0.2, 0.25) is 0 Å². The van der Waals surface area contributed by atoms with E-state index in [1.165, 1.54) is 0 Å². The molecule has 54 heavy (non-hydrogen) atoms. The van der Waals surface area contributed by atoms with E-state index in [0.29, 0.717) is 39.7 Å². The van der Waals surface area contributed by atoms with E-state index < -0.39 is 36.3 Å². The Morgan fingerprint density at radius 3 is 1.89 bits per heavy atom. The van der Waals surface area contributed by atoms with Gasteiger partial charge in [-0.15, -0.1) is 0 Å². The van der Waals surface area contributed by atoms with Crippen molar-refractivity contribution in [2.24, 2.45) is 0 Å². The van der Waals surface area contributed by atoms with Gasteiger partial charge in [-0.05, 0) is 58.4 Å². The lowest BCUT2D eigenvalue weighted by Crippen LogP contribution is -2.00. The van der Waals surface area contributed by atoms with E-state index in [-0.39, 0.29) is 56.4 Å². The number of furan rings is 2. The number of fused-ring (bicyclic) bond motifs is 8. The Kier molecular flexibility index (Phi) is 5.06. The molecule has 0 aliphatic carbocycles. The second-order valence-corrected chi connectivity index (χ2v) is 12.9. The van der Waals surface area contributed by atoms with Crippen molar-refractivity contribution in [2.45, 2.75) is 0 Å². The van der Waals surface area contributed by atoms with Gasteiger partial charge in [-0.1, -0.05) is 139 Å². The summed E-state index contributed by atoms with van der Waals surface area (Å²) in [4.78, 5) is 14.8. The van der Waals surface area contributed by atoms with Crippen LogP contribution in [-0.4, -0.2) is 15.0 Å². The molecule has 3 aromatic heterocycles. The van der Waals surface area contributed by atoms with Crippen molar-refractivity contribution >= 4 is 54.6 Å². The molecule has 0 radical (unpaired) electrons. The number of aromatic nitrogens is 3. The molecule has 0 spiro atoms. The minimum atomic E-state index is -0.556. The summed E-state index contributed by atoms with van der Waals surface area (Å²) in [5.41, 5.74) is 5.60. The molecule has 0 N–H and O–H groups in total. The number of para-hydroxylation sites is 1. The van der Waals surface area contributed by atoms with Gasteiger partial charge in [0.25, 0.3) is 0 Å². The topological polar surface area (TPSA) is 65.0 Å². The molecule has 0 aliphatic rings. The third-order valence-corrected chi connectivity index (χ3v) is 9.61. The summed E-state index contributed by atoms with van der Waals surface area (Å²) in [5, 5.41) is 1.48. The van der Waals surface area contributed by atoms with E-state index in [9.17, 15) is 2.74 Å². The van der Waals surface area contributed by atoms with Gasteiger partial charge in [0, 0.05) is 49.2 Å². The highest BCUT2D eigenvalue weighted by molar-refractivity contribution is 6.15. The number of rotatable bonds is 5. The van der Waals surface area contributed by atoms with Gasteiger partial charge in [0.1, 0.15) is 22.3 Å². The molecule has 0 saturated heterocycles. The average Bonchev–Trinajstić information content (AvgIpc) is 3.91. The van der Waals surface area contributed by atoms with Gasteiger partial charge in [-0.2, -0.15) is 0 Å². The summed E-state index contributed by atoms with van der Waals surface area (Å²) in [5.74, 6) is 1.12. The van der Waals surface area contributed by atoms with Gasteiger partial charge < -0.3 is 8.83 Å². The molecule has 252 valence electrons. The maximum atomic E-state index is 9.38. The maximum Gasteiger partial charge on any atom is 0.164 e. The van der Waals surface area contributed by atoms with Crippen molar-refractivity contribution in [2.75, 3.05) is 0 Å². The van der Waals surface area contributed by atoms with Crippen LogP contribution in [0.15, 0.2) is 185 Å². The monoisotopic (exact) mass is 700 g/mol. The lowest BCUT2D eigenvalue weighted by atomic mass is 10.0. The Bertz CT molecular complexity index is 3740. The summed E-state index contributed by atoms with van der Waals surface area (Å²) in [6, 6.07) is 34.6. The van der Waals surface area contributed by atoms with Crippen LogP contribution in [0.25, 0.3) is 111 Å². The third kappa shape index (κ3) is 4.98. The van der Waals surface area contributed by atoms with Crippen LogP contribution in [0.5, 0.6) is 0 Å². The van der Waals surface area contributed by atoms with E-state index >= 15 is 0 Å². The van der Waals surface area contributed by atoms with Gasteiger partial charge in [-0.3, -0.25) is 0 Å². The SMILES string of the molecule is [2H]c1c([2H])c([2H])c2c(c1[2H])c([2H])c([2H])c1c2oc2c([2H])c(-c3cccc(-c4nc(-c5ccccc5)nc(-c5ccc6c(c5)oc5c(-c7ccccc7)cccc56)n4)c3)c([2H])c([2H])c21. The zero-order chi connectivity index (χ0) is 43.4. The Hall–Kier alpha value is -7.37. The van der Waals surface area contributed by atoms with Crippen molar-refractivity contribution in [3.63, 3.8) is 0 Å². The van der Waals surface area contributed by atoms with Gasteiger partial charge in [0.05, 0.1) is 12.3 Å². The number of hydrogen-bond acceptors (Lipinski definition) is 5. The molecule has 3 heterocycles. The van der Waals surface area contributed by atoms with Gasteiger partial charge >= 0.3 is 0 Å². The van der Waals surface area contributed by atoms with Crippen molar-refractivity contribution in [3.05, 3.63) is 176 Å². The third-order valence-electron chi connectivity index (χ3n) is 9.61. The van der Waals surface area contributed by atoms with Crippen molar-refractivity contribution in [1.29, 1.82) is 0 Å². The number of nitrogens with zero attached hydrogens (tertiary/aromatic N) is 3. The first-order valence-corrected chi connectivity index (χ1v) is 17.3. The van der Waals surface area contributed by atoms with Crippen LogP contribution < -0.4 is 0 Å². The van der Waals surface area contributed by atoms with Crippen LogP contribution >= 0.6 is 0 Å². The van der Waals surface area contributed by atoms with E-state index in [1.54, 1.807) is 24.3 Å². The van der Waals surface area contributed by atoms with Gasteiger partial charge in [0.15, 0.2) is 17.5 Å². The Morgan fingerprint density at radius 1 is 0.389 bits per heavy atom. The summed E-state index contributed by atoms with van der Waals surface area (Å²) >= 11 is 0. The largest absolute Gasteiger partial charge is 0.455 e. The van der Waals surface area contributed by atoms with Gasteiger partial charge in [-0.25, -0.2) is 15.0 Å². The molecule has 0 amide bonds. The van der Waals surface area contributed by atoms with Crippen LogP contribution in [0, 0.1) is 0 Å². The van der Waals surface area contributed by atoms with Crippen molar-refractivity contribution < 1.29 is 21.2 Å². The smallest absolute Gasteiger partial charge is 0.164 e. The normalized spacial score (nSPS) is 14.0. The minimum Gasteiger partial charge on any atom is -0.455 e. The summed E-state index contributed by atoms with van der Waals surface area (Å²) in [6.07, 6.45) is 0. The quantitative estimate of drug-likeness (QED) is 0.179. The molecule has 11 aromatic rings. The molecule has 0 fully saturated rings. The number of hydrogen-bond donors (Lipinski definition) is 0. The van der Waals surface area contributed by atoms with Crippen LogP contribution in [0.3, 0.4) is 0 Å². The molecule has 0 bridgehead atoms. The summed E-state index contributed by atoms with van der Waals surface area (Å²) in [7, 11) is 0. The first kappa shape index (κ1) is 22.5. The Labute approximate surface area is 322 Å². The van der Waals surface area contributed by atoms with Crippen LogP contribution in [0.1, 0.15) is 12.3 Å². The average molecular weight is 701 g/mol. The van der Waals surface area contributed by atoms with Crippen LogP contribution in [0.4, 0.5) is 0 Å². The fourth-order valence-corrected chi connectivity index (χ4v) is 7.00. The highest BCUT2D eigenvalue weighted by Gasteiger charge is 2.17. The molecule has 0 aliphatic heterocycles. The lowest BCUT2D eigenvalue weighted by molar-refractivity contribution is 0.670. The fourth-order valence-electron chi connectivity index (χ4n) is 7.00. The Morgan fingerprint density at radius 2 is 1.06 bits per heavy atom. The predicted octanol–water partition coefficient (Wildman–Crippen LogP) is 13.2. The standard InChI is InChI=1S/C49H29N3O2/c1-3-11-30(12-4-1)38-19-10-20-41-39-25-23-36(29-44(39)54-45(38)41)49-51-47(32-14-5-2-6-15-32)50-48(52-49)35-17-9-16-33(27-35)34-22-24-40-42-26-21-31-13-7-8-18-37(31)46(42)53-43(40)28-34/h1-29H/i7D,8D,13D,18D,21D,22D,24D,26D,28D. The maximum absolute atomic E-state index is 9.38. The molecule has 11 rings (SSSR count). The zero-order valence-electron chi connectivity index (χ0n) is 37.2. The zero-order valence-corrected chi connectivity index (χ0v) is 28.2. The number of benzene rings is 8. The van der Waals surface area contributed by atoms with E-state index in [2.05, 4.69) is 12.1 Å². The van der Waals surface area contributed by atoms with Crippen molar-refractivity contribution in [3.8, 4) is 56.4 Å². The molecule has 0 unspecified atom stereocenters. The van der Waals surface area contributed by atoms with Crippen LogP contribution in [0.2, 0.25) is 0 Å².